The van der Waals surface area contributed by atoms with E-state index in [1.165, 1.54) is 23.0 Å². The van der Waals surface area contributed by atoms with Crippen molar-refractivity contribution in [2.24, 2.45) is 0 Å². The second-order valence-corrected chi connectivity index (χ2v) is 5.36. The molecule has 1 fully saturated rings. The molecule has 2 rings (SSSR count). The van der Waals surface area contributed by atoms with E-state index in [0.717, 1.165) is 3.97 Å². The van der Waals surface area contributed by atoms with E-state index in [0.29, 0.717) is 25.9 Å². The number of aliphatic hydroxyl groups is 1. The summed E-state index contributed by atoms with van der Waals surface area (Å²) in [5.74, 6) is 0. The number of imidazole rings is 1. The zero-order chi connectivity index (χ0) is 10.9. The smallest absolute Gasteiger partial charge is 0.308 e. The molecule has 1 aliphatic heterocycles. The van der Waals surface area contributed by atoms with Crippen LogP contribution in [0.1, 0.15) is 12.8 Å². The van der Waals surface area contributed by atoms with Crippen molar-refractivity contribution in [3.05, 3.63) is 18.7 Å². The summed E-state index contributed by atoms with van der Waals surface area (Å²) in [6, 6.07) is 0. The molecule has 1 aromatic rings. The Morgan fingerprint density at radius 2 is 2.00 bits per heavy atom. The normalized spacial score (nSPS) is 20.6. The van der Waals surface area contributed by atoms with Gasteiger partial charge >= 0.3 is 10.2 Å². The Kier molecular flexibility index (Phi) is 2.76. The third kappa shape index (κ3) is 2.04. The summed E-state index contributed by atoms with van der Waals surface area (Å²) in [6.07, 6.45) is 4.71. The number of nitrogens with zero attached hydrogens (tertiary/aromatic N) is 3. The molecule has 0 aromatic carbocycles. The predicted octanol–water partition coefficient (Wildman–Crippen LogP) is -0.567. The minimum absolute atomic E-state index is 0.363. The van der Waals surface area contributed by atoms with Gasteiger partial charge < -0.3 is 5.11 Å². The van der Waals surface area contributed by atoms with Crippen LogP contribution in [0, 0.1) is 0 Å². The number of rotatable bonds is 2. The Morgan fingerprint density at radius 3 is 2.53 bits per heavy atom. The van der Waals surface area contributed by atoms with E-state index in [2.05, 4.69) is 4.98 Å². The first-order valence-electron chi connectivity index (χ1n) is 4.77. The van der Waals surface area contributed by atoms with Crippen LogP contribution in [0.5, 0.6) is 0 Å². The largest absolute Gasteiger partial charge is 0.393 e. The van der Waals surface area contributed by atoms with E-state index >= 15 is 0 Å². The Hall–Kier alpha value is -0.920. The maximum atomic E-state index is 11.9. The molecule has 7 heteroatoms. The topological polar surface area (TPSA) is 75.4 Å². The maximum absolute atomic E-state index is 11.9. The van der Waals surface area contributed by atoms with Gasteiger partial charge in [0, 0.05) is 25.5 Å². The van der Waals surface area contributed by atoms with Crippen LogP contribution in [0.3, 0.4) is 0 Å². The van der Waals surface area contributed by atoms with Crippen molar-refractivity contribution in [2.45, 2.75) is 18.9 Å². The maximum Gasteiger partial charge on any atom is 0.308 e. The van der Waals surface area contributed by atoms with E-state index in [1.807, 2.05) is 0 Å². The molecule has 1 aliphatic rings. The quantitative estimate of drug-likeness (QED) is 0.739. The van der Waals surface area contributed by atoms with Gasteiger partial charge in [-0.15, -0.1) is 0 Å². The minimum Gasteiger partial charge on any atom is -0.393 e. The van der Waals surface area contributed by atoms with Crippen LogP contribution >= 0.6 is 0 Å². The fourth-order valence-electron chi connectivity index (χ4n) is 1.59. The van der Waals surface area contributed by atoms with Gasteiger partial charge in [0.25, 0.3) is 0 Å². The molecule has 0 atom stereocenters. The van der Waals surface area contributed by atoms with Crippen LogP contribution in [-0.4, -0.2) is 46.0 Å². The number of piperidine rings is 1. The summed E-state index contributed by atoms with van der Waals surface area (Å²) in [6.45, 7) is 0.726. The molecule has 1 N–H and O–H groups in total. The van der Waals surface area contributed by atoms with E-state index in [1.54, 1.807) is 0 Å². The summed E-state index contributed by atoms with van der Waals surface area (Å²) in [7, 11) is -3.47. The molecule has 1 saturated heterocycles. The van der Waals surface area contributed by atoms with Gasteiger partial charge in [-0.05, 0) is 12.8 Å². The summed E-state index contributed by atoms with van der Waals surface area (Å²) in [5, 5.41) is 9.28. The summed E-state index contributed by atoms with van der Waals surface area (Å²) in [5.41, 5.74) is 0. The van der Waals surface area contributed by atoms with Crippen molar-refractivity contribution in [1.82, 2.24) is 13.3 Å². The first-order valence-corrected chi connectivity index (χ1v) is 6.17. The Bertz CT molecular complexity index is 406. The lowest BCUT2D eigenvalue weighted by Gasteiger charge is -2.28. The highest BCUT2D eigenvalue weighted by molar-refractivity contribution is 7.87. The second kappa shape index (κ2) is 3.92. The molecule has 15 heavy (non-hydrogen) atoms. The molecular formula is C8H13N3O3S. The summed E-state index contributed by atoms with van der Waals surface area (Å²) >= 11 is 0. The van der Waals surface area contributed by atoms with Crippen molar-refractivity contribution >= 4 is 10.2 Å². The number of aromatic nitrogens is 2. The standard InChI is InChI=1S/C8H13N3O3S/c12-8-1-4-10(5-2-8)15(13,14)11-6-3-9-7-11/h3,6-8,12H,1-2,4-5H2. The zero-order valence-electron chi connectivity index (χ0n) is 8.15. The predicted molar refractivity (Wildman–Crippen MR) is 53.4 cm³/mol. The van der Waals surface area contributed by atoms with E-state index in [-0.39, 0.29) is 6.10 Å². The molecule has 0 saturated carbocycles. The molecular weight excluding hydrogens is 218 g/mol. The number of hydrogen-bond acceptors (Lipinski definition) is 4. The molecule has 0 amide bonds. The molecule has 0 aliphatic carbocycles. The summed E-state index contributed by atoms with van der Waals surface area (Å²) < 4.78 is 26.3. The Labute approximate surface area is 88.3 Å². The van der Waals surface area contributed by atoms with Crippen LogP contribution in [0.15, 0.2) is 18.7 Å². The first-order chi connectivity index (χ1) is 7.10. The molecule has 1 aromatic heterocycles. The average molecular weight is 231 g/mol. The lowest BCUT2D eigenvalue weighted by molar-refractivity contribution is 0.112. The van der Waals surface area contributed by atoms with Gasteiger partial charge in [0.15, 0.2) is 0 Å². The molecule has 0 radical (unpaired) electrons. The van der Waals surface area contributed by atoms with Gasteiger partial charge in [-0.2, -0.15) is 12.7 Å². The molecule has 6 nitrogen and oxygen atoms in total. The van der Waals surface area contributed by atoms with Crippen LogP contribution in [0.25, 0.3) is 0 Å². The molecule has 0 unspecified atom stereocenters. The van der Waals surface area contributed by atoms with Crippen molar-refractivity contribution in [2.75, 3.05) is 13.1 Å². The molecule has 2 heterocycles. The fraction of sp³-hybridized carbons (Fsp3) is 0.625. The van der Waals surface area contributed by atoms with Crippen LogP contribution in [0.4, 0.5) is 0 Å². The monoisotopic (exact) mass is 231 g/mol. The van der Waals surface area contributed by atoms with Crippen molar-refractivity contribution in [1.29, 1.82) is 0 Å². The van der Waals surface area contributed by atoms with Gasteiger partial charge in [0.2, 0.25) is 0 Å². The van der Waals surface area contributed by atoms with Crippen LogP contribution < -0.4 is 0 Å². The SMILES string of the molecule is O=S(=O)(N1CCC(O)CC1)n1ccnc1. The van der Waals surface area contributed by atoms with Crippen molar-refractivity contribution < 1.29 is 13.5 Å². The van der Waals surface area contributed by atoms with Gasteiger partial charge in [-0.1, -0.05) is 0 Å². The van der Waals surface area contributed by atoms with Crippen LogP contribution in [-0.2, 0) is 10.2 Å². The lowest BCUT2D eigenvalue weighted by atomic mass is 10.1. The highest BCUT2D eigenvalue weighted by Crippen LogP contribution is 2.15. The fourth-order valence-corrected chi connectivity index (χ4v) is 2.91. The van der Waals surface area contributed by atoms with Crippen LogP contribution in [0.2, 0.25) is 0 Å². The lowest BCUT2D eigenvalue weighted by Crippen LogP contribution is -2.42. The first kappa shape index (κ1) is 10.6. The van der Waals surface area contributed by atoms with Gasteiger partial charge in [0.05, 0.1) is 6.10 Å². The third-order valence-electron chi connectivity index (χ3n) is 2.50. The highest BCUT2D eigenvalue weighted by atomic mass is 32.2. The third-order valence-corrected chi connectivity index (χ3v) is 4.26. The number of hydrogen-bond donors (Lipinski definition) is 1. The van der Waals surface area contributed by atoms with Gasteiger partial charge in [0.1, 0.15) is 6.33 Å². The number of aliphatic hydroxyl groups excluding tert-OH is 1. The zero-order valence-corrected chi connectivity index (χ0v) is 8.97. The summed E-state index contributed by atoms with van der Waals surface area (Å²) in [4.78, 5) is 3.71. The van der Waals surface area contributed by atoms with E-state index in [9.17, 15) is 13.5 Å². The highest BCUT2D eigenvalue weighted by Gasteiger charge is 2.27. The Morgan fingerprint density at radius 1 is 1.33 bits per heavy atom. The minimum atomic E-state index is -3.47. The Balaban J connectivity index is 2.17. The molecule has 0 bridgehead atoms. The van der Waals surface area contributed by atoms with E-state index in [4.69, 9.17) is 0 Å². The van der Waals surface area contributed by atoms with Crippen molar-refractivity contribution in [3.63, 3.8) is 0 Å². The van der Waals surface area contributed by atoms with Gasteiger partial charge in [-0.3, -0.25) is 0 Å². The van der Waals surface area contributed by atoms with Gasteiger partial charge in [-0.25, -0.2) is 8.96 Å². The average Bonchev–Trinajstić information content (AvgIpc) is 2.71. The molecule has 84 valence electrons. The van der Waals surface area contributed by atoms with Crippen molar-refractivity contribution in [3.8, 4) is 0 Å². The van der Waals surface area contributed by atoms with E-state index < -0.39 is 10.2 Å². The molecule has 0 spiro atoms. The second-order valence-electron chi connectivity index (χ2n) is 3.53.